The summed E-state index contributed by atoms with van der Waals surface area (Å²) in [7, 11) is 0. The minimum atomic E-state index is -0.201. The summed E-state index contributed by atoms with van der Waals surface area (Å²) in [4.78, 5) is 8.49. The third-order valence-electron chi connectivity index (χ3n) is 3.17. The van der Waals surface area contributed by atoms with Crippen molar-refractivity contribution in [1.82, 2.24) is 9.97 Å². The second-order valence-electron chi connectivity index (χ2n) is 4.82. The number of nitrogens with one attached hydrogen (secondary N) is 1. The normalized spacial score (nSPS) is 12.2. The van der Waals surface area contributed by atoms with Gasteiger partial charge >= 0.3 is 0 Å². The zero-order valence-corrected chi connectivity index (χ0v) is 11.9. The van der Waals surface area contributed by atoms with E-state index in [-0.39, 0.29) is 11.9 Å². The molecule has 2 aromatic rings. The van der Waals surface area contributed by atoms with Crippen LogP contribution in [0.15, 0.2) is 24.3 Å². The minimum Gasteiger partial charge on any atom is -0.384 e. The van der Waals surface area contributed by atoms with Gasteiger partial charge in [0.25, 0.3) is 0 Å². The standard InChI is InChI=1S/C15H19FN4/c1-4-14-19-13(17)8-15(20-14)18-10(3)11-6-5-9(2)12(16)7-11/h5-8,10H,4H2,1-3H3,(H3,17,18,19,20). The molecule has 5 heteroatoms. The largest absolute Gasteiger partial charge is 0.384 e. The Bertz CT molecular complexity index is 613. The van der Waals surface area contributed by atoms with Crippen molar-refractivity contribution in [2.45, 2.75) is 33.2 Å². The number of benzene rings is 1. The van der Waals surface area contributed by atoms with Crippen LogP contribution in [0, 0.1) is 12.7 Å². The quantitative estimate of drug-likeness (QED) is 0.898. The molecule has 1 atom stereocenters. The molecule has 0 bridgehead atoms. The van der Waals surface area contributed by atoms with Crippen molar-refractivity contribution >= 4 is 11.6 Å². The maximum absolute atomic E-state index is 13.6. The molecule has 1 unspecified atom stereocenters. The molecule has 0 aliphatic heterocycles. The number of nitrogens with zero attached hydrogens (tertiary/aromatic N) is 2. The van der Waals surface area contributed by atoms with Gasteiger partial charge in [0.05, 0.1) is 6.04 Å². The molecule has 1 aromatic heterocycles. The fourth-order valence-corrected chi connectivity index (χ4v) is 1.93. The van der Waals surface area contributed by atoms with Gasteiger partial charge in [0.1, 0.15) is 23.3 Å². The first-order chi connectivity index (χ1) is 9.49. The van der Waals surface area contributed by atoms with Gasteiger partial charge in [-0.1, -0.05) is 19.1 Å². The highest BCUT2D eigenvalue weighted by Crippen LogP contribution is 2.21. The lowest BCUT2D eigenvalue weighted by Gasteiger charge is -2.16. The SMILES string of the molecule is CCc1nc(N)cc(NC(C)c2ccc(C)c(F)c2)n1. The number of aromatic nitrogens is 2. The Kier molecular flexibility index (Phi) is 4.17. The van der Waals surface area contributed by atoms with Crippen LogP contribution in [0.5, 0.6) is 0 Å². The number of rotatable bonds is 4. The lowest BCUT2D eigenvalue weighted by Crippen LogP contribution is -2.10. The summed E-state index contributed by atoms with van der Waals surface area (Å²) in [5.74, 6) is 1.58. The number of halogens is 1. The van der Waals surface area contributed by atoms with Gasteiger partial charge in [-0.15, -0.1) is 0 Å². The lowest BCUT2D eigenvalue weighted by molar-refractivity contribution is 0.614. The highest BCUT2D eigenvalue weighted by molar-refractivity contribution is 5.46. The van der Waals surface area contributed by atoms with Gasteiger partial charge in [-0.05, 0) is 31.0 Å². The highest BCUT2D eigenvalue weighted by atomic mass is 19.1. The van der Waals surface area contributed by atoms with Gasteiger partial charge in [-0.25, -0.2) is 14.4 Å². The molecular weight excluding hydrogens is 255 g/mol. The monoisotopic (exact) mass is 274 g/mol. The van der Waals surface area contributed by atoms with Gasteiger partial charge in [0, 0.05) is 12.5 Å². The summed E-state index contributed by atoms with van der Waals surface area (Å²) in [6, 6.07) is 6.83. The second-order valence-corrected chi connectivity index (χ2v) is 4.82. The number of nitrogen functional groups attached to an aromatic ring is 1. The minimum absolute atomic E-state index is 0.0656. The van der Waals surface area contributed by atoms with E-state index >= 15 is 0 Å². The number of nitrogens with two attached hydrogens (primary N) is 1. The van der Waals surface area contributed by atoms with Crippen molar-refractivity contribution in [2.24, 2.45) is 0 Å². The first-order valence-corrected chi connectivity index (χ1v) is 6.65. The van der Waals surface area contributed by atoms with Crippen LogP contribution < -0.4 is 11.1 Å². The summed E-state index contributed by atoms with van der Waals surface area (Å²) in [6.07, 6.45) is 0.716. The van der Waals surface area contributed by atoms with Crippen molar-refractivity contribution in [3.05, 3.63) is 47.0 Å². The summed E-state index contributed by atoms with van der Waals surface area (Å²) < 4.78 is 13.6. The molecular formula is C15H19FN4. The Balaban J connectivity index is 2.20. The van der Waals surface area contributed by atoms with E-state index in [2.05, 4.69) is 15.3 Å². The predicted octanol–water partition coefficient (Wildman–Crippen LogP) is 3.24. The summed E-state index contributed by atoms with van der Waals surface area (Å²) >= 11 is 0. The molecule has 0 fully saturated rings. The zero-order valence-electron chi connectivity index (χ0n) is 11.9. The van der Waals surface area contributed by atoms with Gasteiger partial charge < -0.3 is 11.1 Å². The van der Waals surface area contributed by atoms with E-state index in [1.807, 2.05) is 19.9 Å². The van der Waals surface area contributed by atoms with Crippen LogP contribution in [0.1, 0.15) is 36.8 Å². The molecule has 4 nitrogen and oxygen atoms in total. The molecule has 0 amide bonds. The molecule has 2 rings (SSSR count). The van der Waals surface area contributed by atoms with Crippen molar-refractivity contribution in [3.63, 3.8) is 0 Å². The number of hydrogen-bond donors (Lipinski definition) is 2. The summed E-state index contributed by atoms with van der Waals surface area (Å²) in [5.41, 5.74) is 7.25. The van der Waals surface area contributed by atoms with E-state index in [0.29, 0.717) is 29.4 Å². The van der Waals surface area contributed by atoms with Gasteiger partial charge in [-0.2, -0.15) is 0 Å². The Morgan fingerprint density at radius 2 is 2.05 bits per heavy atom. The molecule has 0 aliphatic rings. The van der Waals surface area contributed by atoms with E-state index in [0.717, 1.165) is 5.56 Å². The number of anilines is 2. The van der Waals surface area contributed by atoms with Gasteiger partial charge in [0.2, 0.25) is 0 Å². The maximum Gasteiger partial charge on any atom is 0.132 e. The van der Waals surface area contributed by atoms with Crippen LogP contribution in [0.25, 0.3) is 0 Å². The van der Waals surface area contributed by atoms with Crippen molar-refractivity contribution in [1.29, 1.82) is 0 Å². The molecule has 3 N–H and O–H groups in total. The Labute approximate surface area is 118 Å². The maximum atomic E-state index is 13.6. The third-order valence-corrected chi connectivity index (χ3v) is 3.17. The van der Waals surface area contributed by atoms with Crippen LogP contribution >= 0.6 is 0 Å². The summed E-state index contributed by atoms with van der Waals surface area (Å²) in [5, 5.41) is 3.22. The van der Waals surface area contributed by atoms with Crippen molar-refractivity contribution in [2.75, 3.05) is 11.1 Å². The summed E-state index contributed by atoms with van der Waals surface area (Å²) in [6.45, 7) is 5.67. The Hall–Kier alpha value is -2.17. The first kappa shape index (κ1) is 14.2. The van der Waals surface area contributed by atoms with Gasteiger partial charge in [-0.3, -0.25) is 0 Å². The number of aryl methyl sites for hydroxylation is 2. The average Bonchev–Trinajstić information content (AvgIpc) is 2.41. The topological polar surface area (TPSA) is 63.8 Å². The smallest absolute Gasteiger partial charge is 0.132 e. The fourth-order valence-electron chi connectivity index (χ4n) is 1.93. The van der Waals surface area contributed by atoms with E-state index in [9.17, 15) is 4.39 Å². The van der Waals surface area contributed by atoms with E-state index in [1.165, 1.54) is 6.07 Å². The molecule has 0 saturated carbocycles. The van der Waals surface area contributed by atoms with Crippen molar-refractivity contribution < 1.29 is 4.39 Å². The predicted molar refractivity (Wildman–Crippen MR) is 79.0 cm³/mol. The van der Waals surface area contributed by atoms with Crippen LogP contribution in [0.4, 0.5) is 16.0 Å². The van der Waals surface area contributed by atoms with E-state index in [1.54, 1.807) is 19.1 Å². The third kappa shape index (κ3) is 3.23. The van der Waals surface area contributed by atoms with E-state index < -0.39 is 0 Å². The zero-order chi connectivity index (χ0) is 14.7. The lowest BCUT2D eigenvalue weighted by atomic mass is 10.1. The fraction of sp³-hybridized carbons (Fsp3) is 0.333. The first-order valence-electron chi connectivity index (χ1n) is 6.65. The molecule has 0 radical (unpaired) electrons. The van der Waals surface area contributed by atoms with Crippen LogP contribution in [-0.2, 0) is 6.42 Å². The molecule has 106 valence electrons. The van der Waals surface area contributed by atoms with Crippen LogP contribution in [0.3, 0.4) is 0 Å². The average molecular weight is 274 g/mol. The van der Waals surface area contributed by atoms with Crippen LogP contribution in [-0.4, -0.2) is 9.97 Å². The van der Waals surface area contributed by atoms with E-state index in [4.69, 9.17) is 5.73 Å². The number of hydrogen-bond acceptors (Lipinski definition) is 4. The molecule has 0 aliphatic carbocycles. The highest BCUT2D eigenvalue weighted by Gasteiger charge is 2.09. The molecule has 1 aromatic carbocycles. The van der Waals surface area contributed by atoms with Crippen LogP contribution in [0.2, 0.25) is 0 Å². The Morgan fingerprint density at radius 1 is 1.30 bits per heavy atom. The molecule has 0 spiro atoms. The second kappa shape index (κ2) is 5.86. The molecule has 0 saturated heterocycles. The van der Waals surface area contributed by atoms with Gasteiger partial charge in [0.15, 0.2) is 0 Å². The van der Waals surface area contributed by atoms with Crippen molar-refractivity contribution in [3.8, 4) is 0 Å². The molecule has 1 heterocycles. The molecule has 20 heavy (non-hydrogen) atoms. The Morgan fingerprint density at radius 3 is 2.70 bits per heavy atom.